The number of sulfonamides is 1. The van der Waals surface area contributed by atoms with Gasteiger partial charge in [-0.1, -0.05) is 6.07 Å². The van der Waals surface area contributed by atoms with Gasteiger partial charge in [-0.2, -0.15) is 0 Å². The Labute approximate surface area is 138 Å². The molecule has 1 aliphatic rings. The van der Waals surface area contributed by atoms with Crippen molar-refractivity contribution in [1.82, 2.24) is 4.72 Å². The lowest BCUT2D eigenvalue weighted by atomic mass is 10.1. The number of rotatable bonds is 4. The molecule has 5 nitrogen and oxygen atoms in total. The maximum atomic E-state index is 13.7. The topological polar surface area (TPSA) is 64.6 Å². The minimum Gasteiger partial charge on any atom is -0.486 e. The zero-order valence-electron chi connectivity index (χ0n) is 12.8. The maximum absolute atomic E-state index is 13.7. The van der Waals surface area contributed by atoms with E-state index in [9.17, 15) is 17.2 Å². The molecular weight excluding hydrogens is 340 g/mol. The first-order valence-electron chi connectivity index (χ1n) is 7.24. The van der Waals surface area contributed by atoms with Gasteiger partial charge in [-0.15, -0.1) is 0 Å². The smallest absolute Gasteiger partial charge is 0.244 e. The lowest BCUT2D eigenvalue weighted by Gasteiger charge is -2.21. The van der Waals surface area contributed by atoms with Gasteiger partial charge in [-0.25, -0.2) is 21.9 Å². The molecular formula is C16H15F2NO4S. The molecule has 1 atom stereocenters. The van der Waals surface area contributed by atoms with Crippen molar-refractivity contribution in [3.8, 4) is 11.5 Å². The van der Waals surface area contributed by atoms with Crippen molar-refractivity contribution in [2.45, 2.75) is 17.9 Å². The van der Waals surface area contributed by atoms with Crippen LogP contribution in [0.2, 0.25) is 0 Å². The van der Waals surface area contributed by atoms with E-state index in [4.69, 9.17) is 9.47 Å². The Balaban J connectivity index is 1.84. The van der Waals surface area contributed by atoms with Gasteiger partial charge in [-0.05, 0) is 36.8 Å². The molecule has 1 N–H and O–H groups in total. The minimum atomic E-state index is -4.14. The average molecular weight is 355 g/mol. The van der Waals surface area contributed by atoms with E-state index in [0.717, 1.165) is 12.1 Å². The normalized spacial score (nSPS) is 15.1. The fourth-order valence-electron chi connectivity index (χ4n) is 2.39. The predicted octanol–water partition coefficient (Wildman–Crippen LogP) is 2.78. The van der Waals surface area contributed by atoms with E-state index >= 15 is 0 Å². The highest BCUT2D eigenvalue weighted by Gasteiger charge is 2.23. The zero-order valence-corrected chi connectivity index (χ0v) is 13.6. The van der Waals surface area contributed by atoms with Crippen LogP contribution in [0.3, 0.4) is 0 Å². The molecule has 8 heteroatoms. The van der Waals surface area contributed by atoms with E-state index in [2.05, 4.69) is 4.72 Å². The molecule has 0 fully saturated rings. The zero-order chi connectivity index (χ0) is 17.3. The number of hydrogen-bond acceptors (Lipinski definition) is 4. The molecule has 0 aromatic heterocycles. The third-order valence-corrected chi connectivity index (χ3v) is 5.16. The molecule has 0 amide bonds. The van der Waals surface area contributed by atoms with Crippen molar-refractivity contribution >= 4 is 10.0 Å². The van der Waals surface area contributed by atoms with Crippen LogP contribution in [-0.2, 0) is 10.0 Å². The second kappa shape index (κ2) is 6.37. The first-order valence-corrected chi connectivity index (χ1v) is 8.72. The largest absolute Gasteiger partial charge is 0.486 e. The second-order valence-corrected chi connectivity index (χ2v) is 7.00. The first-order chi connectivity index (χ1) is 11.4. The van der Waals surface area contributed by atoms with Crippen LogP contribution >= 0.6 is 0 Å². The third-order valence-electron chi connectivity index (χ3n) is 3.58. The Morgan fingerprint density at radius 1 is 1.04 bits per heavy atom. The van der Waals surface area contributed by atoms with Gasteiger partial charge in [0.05, 0.1) is 0 Å². The van der Waals surface area contributed by atoms with Crippen molar-refractivity contribution in [2.24, 2.45) is 0 Å². The van der Waals surface area contributed by atoms with E-state index in [1.807, 2.05) is 0 Å². The molecule has 24 heavy (non-hydrogen) atoms. The summed E-state index contributed by atoms with van der Waals surface area (Å²) in [7, 11) is -4.14. The molecule has 2 aromatic rings. The molecule has 0 saturated heterocycles. The van der Waals surface area contributed by atoms with Crippen molar-refractivity contribution in [2.75, 3.05) is 13.2 Å². The van der Waals surface area contributed by atoms with Gasteiger partial charge in [0.1, 0.15) is 29.7 Å². The molecule has 0 spiro atoms. The van der Waals surface area contributed by atoms with Gasteiger partial charge in [0.15, 0.2) is 11.5 Å². The standard InChI is InChI=1S/C16H15F2NO4S/c1-10(11-2-4-14-15(8-11)23-7-6-22-14)19-24(20,21)16-5-3-12(17)9-13(16)18/h2-5,8-10,19H,6-7H2,1H3/t10-/m1/s1. The highest BCUT2D eigenvalue weighted by Crippen LogP contribution is 2.33. The number of hydrogen-bond donors (Lipinski definition) is 1. The number of benzene rings is 2. The fraction of sp³-hybridized carbons (Fsp3) is 0.250. The van der Waals surface area contributed by atoms with E-state index in [-0.39, 0.29) is 0 Å². The molecule has 0 aliphatic carbocycles. The Morgan fingerprint density at radius 2 is 1.75 bits per heavy atom. The second-order valence-electron chi connectivity index (χ2n) is 5.32. The Morgan fingerprint density at radius 3 is 2.46 bits per heavy atom. The van der Waals surface area contributed by atoms with E-state index in [0.29, 0.717) is 36.3 Å². The fourth-order valence-corrected chi connectivity index (χ4v) is 3.68. The van der Waals surface area contributed by atoms with Gasteiger partial charge in [0.2, 0.25) is 10.0 Å². The summed E-state index contributed by atoms with van der Waals surface area (Å²) in [5, 5.41) is 0. The molecule has 2 aromatic carbocycles. The number of halogens is 2. The highest BCUT2D eigenvalue weighted by molar-refractivity contribution is 7.89. The molecule has 0 unspecified atom stereocenters. The lowest BCUT2D eigenvalue weighted by molar-refractivity contribution is 0.171. The van der Waals surface area contributed by atoms with Gasteiger partial charge in [0, 0.05) is 12.1 Å². The molecule has 128 valence electrons. The molecule has 3 rings (SSSR count). The van der Waals surface area contributed by atoms with Crippen LogP contribution in [0.25, 0.3) is 0 Å². The van der Waals surface area contributed by atoms with Crippen LogP contribution in [0.15, 0.2) is 41.3 Å². The molecule has 1 heterocycles. The maximum Gasteiger partial charge on any atom is 0.244 e. The SMILES string of the molecule is C[C@@H](NS(=O)(=O)c1ccc(F)cc1F)c1ccc2c(c1)OCCO2. The van der Waals surface area contributed by atoms with Crippen LogP contribution < -0.4 is 14.2 Å². The summed E-state index contributed by atoms with van der Waals surface area (Å²) in [4.78, 5) is -0.603. The van der Waals surface area contributed by atoms with Crippen LogP contribution in [-0.4, -0.2) is 21.6 Å². The predicted molar refractivity (Wildman–Crippen MR) is 82.5 cm³/mol. The third kappa shape index (κ3) is 3.34. The number of fused-ring (bicyclic) bond motifs is 1. The van der Waals surface area contributed by atoms with Crippen molar-refractivity contribution in [3.63, 3.8) is 0 Å². The molecule has 1 aliphatic heterocycles. The van der Waals surface area contributed by atoms with Crippen molar-refractivity contribution in [1.29, 1.82) is 0 Å². The summed E-state index contributed by atoms with van der Waals surface area (Å²) < 4.78 is 64.5. The summed E-state index contributed by atoms with van der Waals surface area (Å²) in [5.74, 6) is -0.870. The lowest BCUT2D eigenvalue weighted by Crippen LogP contribution is -2.28. The van der Waals surface area contributed by atoms with Gasteiger partial charge < -0.3 is 9.47 Å². The average Bonchev–Trinajstić information content (AvgIpc) is 2.53. The van der Waals surface area contributed by atoms with E-state index < -0.39 is 32.6 Å². The van der Waals surface area contributed by atoms with E-state index in [1.54, 1.807) is 25.1 Å². The van der Waals surface area contributed by atoms with Crippen LogP contribution in [0.4, 0.5) is 8.78 Å². The van der Waals surface area contributed by atoms with Crippen LogP contribution in [0, 0.1) is 11.6 Å². The highest BCUT2D eigenvalue weighted by atomic mass is 32.2. The Kier molecular flexibility index (Phi) is 4.42. The summed E-state index contributed by atoms with van der Waals surface area (Å²) in [6, 6.07) is 6.73. The Hall–Kier alpha value is -2.19. The molecule has 0 bridgehead atoms. The number of nitrogens with one attached hydrogen (secondary N) is 1. The van der Waals surface area contributed by atoms with Crippen LogP contribution in [0.5, 0.6) is 11.5 Å². The van der Waals surface area contributed by atoms with Gasteiger partial charge in [-0.3, -0.25) is 0 Å². The van der Waals surface area contributed by atoms with E-state index in [1.165, 1.54) is 0 Å². The number of ether oxygens (including phenoxy) is 2. The van der Waals surface area contributed by atoms with Gasteiger partial charge >= 0.3 is 0 Å². The molecule has 0 saturated carbocycles. The van der Waals surface area contributed by atoms with Crippen molar-refractivity contribution < 1.29 is 26.7 Å². The first kappa shape index (κ1) is 16.7. The summed E-state index contributed by atoms with van der Waals surface area (Å²) in [6.45, 7) is 2.49. The molecule has 0 radical (unpaired) electrons. The Bertz CT molecular complexity index is 870. The minimum absolute atomic E-state index is 0.414. The van der Waals surface area contributed by atoms with Gasteiger partial charge in [0.25, 0.3) is 0 Å². The summed E-state index contributed by atoms with van der Waals surface area (Å²) >= 11 is 0. The summed E-state index contributed by atoms with van der Waals surface area (Å²) in [5.41, 5.74) is 0.630. The summed E-state index contributed by atoms with van der Waals surface area (Å²) in [6.07, 6.45) is 0. The van der Waals surface area contributed by atoms with Crippen LogP contribution in [0.1, 0.15) is 18.5 Å². The van der Waals surface area contributed by atoms with Crippen molar-refractivity contribution in [3.05, 3.63) is 53.6 Å². The quantitative estimate of drug-likeness (QED) is 0.916. The monoisotopic (exact) mass is 355 g/mol.